The van der Waals surface area contributed by atoms with Gasteiger partial charge in [-0.15, -0.1) is 0 Å². The van der Waals surface area contributed by atoms with Gasteiger partial charge in [0.25, 0.3) is 0 Å². The van der Waals surface area contributed by atoms with Gasteiger partial charge in [0, 0.05) is 12.6 Å². The van der Waals surface area contributed by atoms with Gasteiger partial charge in [0.2, 0.25) is 0 Å². The molecule has 0 aromatic heterocycles. The van der Waals surface area contributed by atoms with Gasteiger partial charge < -0.3 is 15.2 Å². The van der Waals surface area contributed by atoms with E-state index in [4.69, 9.17) is 15.2 Å². The smallest absolute Gasteiger partial charge is 0.119 e. The van der Waals surface area contributed by atoms with E-state index in [0.717, 1.165) is 31.6 Å². The Kier molecular flexibility index (Phi) is 5.44. The molecule has 1 fully saturated rings. The lowest BCUT2D eigenvalue weighted by atomic mass is 9.77. The second-order valence-corrected chi connectivity index (χ2v) is 5.72. The van der Waals surface area contributed by atoms with Crippen molar-refractivity contribution >= 4 is 0 Å². The van der Waals surface area contributed by atoms with Gasteiger partial charge in [-0.2, -0.15) is 0 Å². The Morgan fingerprint density at radius 1 is 1.25 bits per heavy atom. The first kappa shape index (κ1) is 15.3. The number of nitrogens with two attached hydrogens (primary N) is 1. The lowest BCUT2D eigenvalue weighted by molar-refractivity contribution is -0.0817. The molecule has 2 N–H and O–H groups in total. The second kappa shape index (κ2) is 7.09. The lowest BCUT2D eigenvalue weighted by Gasteiger charge is -2.41. The molecule has 3 nitrogen and oxygen atoms in total. The van der Waals surface area contributed by atoms with Gasteiger partial charge in [-0.05, 0) is 43.9 Å². The second-order valence-electron chi connectivity index (χ2n) is 5.72. The molecular weight excluding hydrogens is 250 g/mol. The minimum atomic E-state index is -0.129. The van der Waals surface area contributed by atoms with Crippen LogP contribution in [0.3, 0.4) is 0 Å². The van der Waals surface area contributed by atoms with Crippen molar-refractivity contribution in [1.82, 2.24) is 0 Å². The molecule has 1 aromatic carbocycles. The van der Waals surface area contributed by atoms with E-state index >= 15 is 0 Å². The highest BCUT2D eigenvalue weighted by Gasteiger charge is 2.38. The highest BCUT2D eigenvalue weighted by atomic mass is 16.5. The van der Waals surface area contributed by atoms with Crippen LogP contribution in [-0.4, -0.2) is 25.4 Å². The van der Waals surface area contributed by atoms with Crippen molar-refractivity contribution in [2.24, 2.45) is 5.73 Å². The Hall–Kier alpha value is -1.06. The predicted molar refractivity (Wildman–Crippen MR) is 82.1 cm³/mol. The van der Waals surface area contributed by atoms with Crippen molar-refractivity contribution in [2.75, 3.05) is 13.7 Å². The van der Waals surface area contributed by atoms with Crippen LogP contribution in [0.1, 0.15) is 44.6 Å². The number of rotatable bonds is 6. The fourth-order valence-corrected chi connectivity index (χ4v) is 3.30. The standard InChI is InChI=1S/C17H27NO2/c1-3-20-17(10-5-4-6-11-17)16(18)13-14-8-7-9-15(12-14)19-2/h7-9,12,16H,3-6,10-11,13,18H2,1-2H3. The molecule has 112 valence electrons. The predicted octanol–water partition coefficient (Wildman–Crippen LogP) is 3.30. The van der Waals surface area contributed by atoms with Crippen LogP contribution in [0.15, 0.2) is 24.3 Å². The zero-order valence-corrected chi connectivity index (χ0v) is 12.7. The van der Waals surface area contributed by atoms with Crippen LogP contribution in [0.4, 0.5) is 0 Å². The molecule has 0 amide bonds. The van der Waals surface area contributed by atoms with Crippen LogP contribution in [0, 0.1) is 0 Å². The third-order valence-electron chi connectivity index (χ3n) is 4.40. The molecular formula is C17H27NO2. The Morgan fingerprint density at radius 3 is 2.65 bits per heavy atom. The van der Waals surface area contributed by atoms with Crippen molar-refractivity contribution in [2.45, 2.75) is 57.1 Å². The summed E-state index contributed by atoms with van der Waals surface area (Å²) in [6.45, 7) is 2.81. The topological polar surface area (TPSA) is 44.5 Å². The summed E-state index contributed by atoms with van der Waals surface area (Å²) in [4.78, 5) is 0. The van der Waals surface area contributed by atoms with Crippen molar-refractivity contribution in [3.8, 4) is 5.75 Å². The van der Waals surface area contributed by atoms with Crippen LogP contribution in [0.25, 0.3) is 0 Å². The van der Waals surface area contributed by atoms with E-state index in [1.54, 1.807) is 7.11 Å². The monoisotopic (exact) mass is 277 g/mol. The van der Waals surface area contributed by atoms with E-state index in [-0.39, 0.29) is 11.6 Å². The minimum Gasteiger partial charge on any atom is -0.497 e. The van der Waals surface area contributed by atoms with Crippen molar-refractivity contribution < 1.29 is 9.47 Å². The largest absolute Gasteiger partial charge is 0.497 e. The molecule has 1 saturated carbocycles. The fourth-order valence-electron chi connectivity index (χ4n) is 3.30. The molecule has 0 spiro atoms. The molecule has 1 aromatic rings. The normalized spacial score (nSPS) is 19.6. The third-order valence-corrected chi connectivity index (χ3v) is 4.40. The Balaban J connectivity index is 2.09. The SMILES string of the molecule is CCOC1(C(N)Cc2cccc(OC)c2)CCCCC1. The summed E-state index contributed by atoms with van der Waals surface area (Å²) in [6.07, 6.45) is 6.79. The summed E-state index contributed by atoms with van der Waals surface area (Å²) in [6, 6.07) is 8.23. The van der Waals surface area contributed by atoms with Crippen molar-refractivity contribution in [3.05, 3.63) is 29.8 Å². The van der Waals surface area contributed by atoms with Gasteiger partial charge in [0.05, 0.1) is 12.7 Å². The lowest BCUT2D eigenvalue weighted by Crippen LogP contribution is -2.52. The van der Waals surface area contributed by atoms with Gasteiger partial charge in [-0.3, -0.25) is 0 Å². The highest BCUT2D eigenvalue weighted by Crippen LogP contribution is 2.35. The maximum atomic E-state index is 6.53. The van der Waals surface area contributed by atoms with Crippen LogP contribution >= 0.6 is 0 Å². The van der Waals surface area contributed by atoms with Crippen molar-refractivity contribution in [1.29, 1.82) is 0 Å². The molecule has 0 bridgehead atoms. The molecule has 0 radical (unpaired) electrons. The van der Waals surface area contributed by atoms with Gasteiger partial charge in [0.15, 0.2) is 0 Å². The Morgan fingerprint density at radius 2 is 2.00 bits per heavy atom. The molecule has 2 rings (SSSR count). The molecule has 1 unspecified atom stereocenters. The van der Waals surface area contributed by atoms with E-state index in [1.807, 2.05) is 12.1 Å². The molecule has 3 heteroatoms. The average Bonchev–Trinajstić information content (AvgIpc) is 2.48. The number of hydrogen-bond acceptors (Lipinski definition) is 3. The molecule has 1 aliphatic carbocycles. The van der Waals surface area contributed by atoms with E-state index < -0.39 is 0 Å². The summed E-state index contributed by atoms with van der Waals surface area (Å²) >= 11 is 0. The van der Waals surface area contributed by atoms with Crippen LogP contribution in [0.5, 0.6) is 5.75 Å². The fraction of sp³-hybridized carbons (Fsp3) is 0.647. The molecule has 20 heavy (non-hydrogen) atoms. The first-order chi connectivity index (χ1) is 9.70. The molecule has 1 atom stereocenters. The van der Waals surface area contributed by atoms with E-state index in [1.165, 1.54) is 24.8 Å². The number of hydrogen-bond donors (Lipinski definition) is 1. The molecule has 1 aliphatic rings. The zero-order valence-electron chi connectivity index (χ0n) is 12.7. The highest BCUT2D eigenvalue weighted by molar-refractivity contribution is 5.29. The van der Waals surface area contributed by atoms with Gasteiger partial charge in [-0.1, -0.05) is 31.4 Å². The first-order valence-corrected chi connectivity index (χ1v) is 7.72. The number of ether oxygens (including phenoxy) is 2. The summed E-state index contributed by atoms with van der Waals surface area (Å²) < 4.78 is 11.4. The average molecular weight is 277 g/mol. The summed E-state index contributed by atoms with van der Waals surface area (Å²) in [7, 11) is 1.70. The van der Waals surface area contributed by atoms with Crippen LogP contribution < -0.4 is 10.5 Å². The molecule has 0 heterocycles. The van der Waals surface area contributed by atoms with E-state index in [9.17, 15) is 0 Å². The van der Waals surface area contributed by atoms with Crippen LogP contribution in [0.2, 0.25) is 0 Å². The van der Waals surface area contributed by atoms with Gasteiger partial charge >= 0.3 is 0 Å². The Labute approximate surface area is 122 Å². The number of methoxy groups -OCH3 is 1. The Bertz CT molecular complexity index is 408. The van der Waals surface area contributed by atoms with E-state index in [2.05, 4.69) is 19.1 Å². The summed E-state index contributed by atoms with van der Waals surface area (Å²) in [5, 5.41) is 0. The molecule has 0 aliphatic heterocycles. The van der Waals surface area contributed by atoms with Gasteiger partial charge in [0.1, 0.15) is 5.75 Å². The summed E-state index contributed by atoms with van der Waals surface area (Å²) in [5.74, 6) is 0.892. The molecule has 0 saturated heterocycles. The minimum absolute atomic E-state index is 0.0508. The zero-order chi connectivity index (χ0) is 14.4. The summed E-state index contributed by atoms with van der Waals surface area (Å²) in [5.41, 5.74) is 7.62. The third kappa shape index (κ3) is 3.53. The quantitative estimate of drug-likeness (QED) is 0.867. The number of benzene rings is 1. The van der Waals surface area contributed by atoms with Crippen molar-refractivity contribution in [3.63, 3.8) is 0 Å². The maximum absolute atomic E-state index is 6.53. The van der Waals surface area contributed by atoms with E-state index in [0.29, 0.717) is 0 Å². The van der Waals surface area contributed by atoms with Crippen LogP contribution in [-0.2, 0) is 11.2 Å². The first-order valence-electron chi connectivity index (χ1n) is 7.72. The maximum Gasteiger partial charge on any atom is 0.119 e. The van der Waals surface area contributed by atoms with Gasteiger partial charge in [-0.25, -0.2) is 0 Å².